The standard InChI is InChI=1S/C11H20FNO/c1-9(2)14-8-11-4-3-5-13(11)7-10(12)6-11/h9-10H,3-8H2,1-2H3/t10-,11?/m0/s1. The lowest BCUT2D eigenvalue weighted by Crippen LogP contribution is -2.43. The first-order valence-corrected chi connectivity index (χ1v) is 5.63. The van der Waals surface area contributed by atoms with Crippen molar-refractivity contribution in [2.45, 2.75) is 50.9 Å². The van der Waals surface area contributed by atoms with Crippen molar-refractivity contribution in [2.24, 2.45) is 0 Å². The van der Waals surface area contributed by atoms with Gasteiger partial charge in [-0.2, -0.15) is 0 Å². The molecule has 2 aliphatic heterocycles. The Bertz CT molecular complexity index is 209. The van der Waals surface area contributed by atoms with Gasteiger partial charge in [-0.15, -0.1) is 0 Å². The van der Waals surface area contributed by atoms with Crippen LogP contribution in [0.25, 0.3) is 0 Å². The lowest BCUT2D eigenvalue weighted by Gasteiger charge is -2.32. The average Bonchev–Trinajstić information content (AvgIpc) is 2.56. The summed E-state index contributed by atoms with van der Waals surface area (Å²) >= 11 is 0. The van der Waals surface area contributed by atoms with Crippen molar-refractivity contribution in [3.8, 4) is 0 Å². The van der Waals surface area contributed by atoms with Crippen LogP contribution < -0.4 is 0 Å². The first-order chi connectivity index (χ1) is 6.62. The van der Waals surface area contributed by atoms with Gasteiger partial charge in [0, 0.05) is 18.5 Å². The second kappa shape index (κ2) is 3.78. The Hall–Kier alpha value is -0.150. The van der Waals surface area contributed by atoms with E-state index in [1.165, 1.54) is 6.42 Å². The summed E-state index contributed by atoms with van der Waals surface area (Å²) in [5, 5.41) is 0. The molecular formula is C11H20FNO. The van der Waals surface area contributed by atoms with E-state index in [0.29, 0.717) is 19.6 Å². The lowest BCUT2D eigenvalue weighted by atomic mass is 9.95. The molecule has 82 valence electrons. The summed E-state index contributed by atoms with van der Waals surface area (Å²) in [5.41, 5.74) is 0.0453. The van der Waals surface area contributed by atoms with Gasteiger partial charge in [0.25, 0.3) is 0 Å². The quantitative estimate of drug-likeness (QED) is 0.692. The van der Waals surface area contributed by atoms with Gasteiger partial charge in [-0.3, -0.25) is 4.90 Å². The number of ether oxygens (including phenoxy) is 1. The third-order valence-electron chi connectivity index (χ3n) is 3.45. The summed E-state index contributed by atoms with van der Waals surface area (Å²) in [6, 6.07) is 0. The topological polar surface area (TPSA) is 12.5 Å². The summed E-state index contributed by atoms with van der Waals surface area (Å²) in [6.45, 7) is 6.48. The molecule has 0 bridgehead atoms. The predicted octanol–water partition coefficient (Wildman–Crippen LogP) is 1.99. The lowest BCUT2D eigenvalue weighted by molar-refractivity contribution is 0.00276. The van der Waals surface area contributed by atoms with Crippen molar-refractivity contribution in [3.05, 3.63) is 0 Å². The Morgan fingerprint density at radius 3 is 3.07 bits per heavy atom. The third-order valence-corrected chi connectivity index (χ3v) is 3.45. The Morgan fingerprint density at radius 1 is 1.57 bits per heavy atom. The Morgan fingerprint density at radius 2 is 2.36 bits per heavy atom. The Kier molecular flexibility index (Phi) is 2.80. The maximum atomic E-state index is 13.3. The summed E-state index contributed by atoms with van der Waals surface area (Å²) < 4.78 is 19.0. The minimum Gasteiger partial charge on any atom is -0.377 e. The van der Waals surface area contributed by atoms with Gasteiger partial charge in [0.1, 0.15) is 6.17 Å². The van der Waals surface area contributed by atoms with Crippen molar-refractivity contribution in [3.63, 3.8) is 0 Å². The molecular weight excluding hydrogens is 181 g/mol. The molecule has 2 rings (SSSR count). The van der Waals surface area contributed by atoms with E-state index >= 15 is 0 Å². The average molecular weight is 201 g/mol. The first-order valence-electron chi connectivity index (χ1n) is 5.63. The molecule has 2 atom stereocenters. The summed E-state index contributed by atoms with van der Waals surface area (Å²) in [7, 11) is 0. The van der Waals surface area contributed by atoms with Crippen LogP contribution in [0.3, 0.4) is 0 Å². The van der Waals surface area contributed by atoms with E-state index in [9.17, 15) is 4.39 Å². The highest BCUT2D eigenvalue weighted by Crippen LogP contribution is 2.40. The van der Waals surface area contributed by atoms with Crippen LogP contribution in [-0.2, 0) is 4.74 Å². The highest BCUT2D eigenvalue weighted by atomic mass is 19.1. The molecule has 2 fully saturated rings. The number of halogens is 1. The van der Waals surface area contributed by atoms with Crippen LogP contribution >= 0.6 is 0 Å². The van der Waals surface area contributed by atoms with Crippen molar-refractivity contribution < 1.29 is 9.13 Å². The Balaban J connectivity index is 1.98. The molecule has 0 aromatic rings. The molecule has 2 heterocycles. The van der Waals surface area contributed by atoms with Gasteiger partial charge in [0.2, 0.25) is 0 Å². The van der Waals surface area contributed by atoms with E-state index in [2.05, 4.69) is 4.90 Å². The smallest absolute Gasteiger partial charge is 0.115 e. The highest BCUT2D eigenvalue weighted by molar-refractivity contribution is 5.03. The van der Waals surface area contributed by atoms with Crippen LogP contribution in [0, 0.1) is 0 Å². The van der Waals surface area contributed by atoms with Crippen LogP contribution in [0.15, 0.2) is 0 Å². The molecule has 2 saturated heterocycles. The largest absolute Gasteiger partial charge is 0.377 e. The van der Waals surface area contributed by atoms with E-state index < -0.39 is 6.17 Å². The van der Waals surface area contributed by atoms with E-state index in [-0.39, 0.29) is 11.6 Å². The van der Waals surface area contributed by atoms with Crippen LogP contribution in [-0.4, -0.2) is 42.4 Å². The van der Waals surface area contributed by atoms with Crippen molar-refractivity contribution in [1.82, 2.24) is 4.90 Å². The van der Waals surface area contributed by atoms with Gasteiger partial charge in [0.05, 0.1) is 12.7 Å². The summed E-state index contributed by atoms with van der Waals surface area (Å²) in [6.07, 6.45) is 2.62. The fourth-order valence-corrected chi connectivity index (χ4v) is 2.77. The fourth-order valence-electron chi connectivity index (χ4n) is 2.77. The van der Waals surface area contributed by atoms with Gasteiger partial charge >= 0.3 is 0 Å². The number of alkyl halides is 1. The Labute approximate surface area is 85.4 Å². The highest BCUT2D eigenvalue weighted by Gasteiger charge is 2.48. The fraction of sp³-hybridized carbons (Fsp3) is 1.00. The van der Waals surface area contributed by atoms with E-state index in [4.69, 9.17) is 4.74 Å². The molecule has 0 aromatic carbocycles. The van der Waals surface area contributed by atoms with E-state index in [1.54, 1.807) is 0 Å². The number of nitrogens with zero attached hydrogens (tertiary/aromatic N) is 1. The summed E-state index contributed by atoms with van der Waals surface area (Å²) in [4.78, 5) is 2.29. The molecule has 3 heteroatoms. The van der Waals surface area contributed by atoms with Crippen molar-refractivity contribution >= 4 is 0 Å². The minimum absolute atomic E-state index is 0.0453. The molecule has 0 aliphatic carbocycles. The molecule has 0 spiro atoms. The van der Waals surface area contributed by atoms with Crippen molar-refractivity contribution in [2.75, 3.05) is 19.7 Å². The zero-order valence-corrected chi connectivity index (χ0v) is 9.13. The number of hydrogen-bond donors (Lipinski definition) is 0. The van der Waals surface area contributed by atoms with Crippen LogP contribution in [0.1, 0.15) is 33.1 Å². The monoisotopic (exact) mass is 201 g/mol. The molecule has 0 aromatic heterocycles. The van der Waals surface area contributed by atoms with Gasteiger partial charge < -0.3 is 4.74 Å². The summed E-state index contributed by atoms with van der Waals surface area (Å²) in [5.74, 6) is 0. The van der Waals surface area contributed by atoms with Crippen LogP contribution in [0.2, 0.25) is 0 Å². The number of hydrogen-bond acceptors (Lipinski definition) is 2. The van der Waals surface area contributed by atoms with Crippen LogP contribution in [0.5, 0.6) is 0 Å². The zero-order valence-electron chi connectivity index (χ0n) is 9.13. The number of rotatable bonds is 3. The maximum Gasteiger partial charge on any atom is 0.115 e. The van der Waals surface area contributed by atoms with Crippen molar-refractivity contribution in [1.29, 1.82) is 0 Å². The van der Waals surface area contributed by atoms with Crippen LogP contribution in [0.4, 0.5) is 4.39 Å². The minimum atomic E-state index is -0.633. The molecule has 0 saturated carbocycles. The molecule has 2 aliphatic rings. The van der Waals surface area contributed by atoms with Gasteiger partial charge in [0.15, 0.2) is 0 Å². The van der Waals surface area contributed by atoms with Gasteiger partial charge in [-0.1, -0.05) is 0 Å². The third kappa shape index (κ3) is 1.80. The normalized spacial score (nSPS) is 38.1. The van der Waals surface area contributed by atoms with Gasteiger partial charge in [-0.25, -0.2) is 4.39 Å². The maximum absolute atomic E-state index is 13.3. The second-order valence-electron chi connectivity index (χ2n) is 4.94. The number of fused-ring (bicyclic) bond motifs is 1. The second-order valence-corrected chi connectivity index (χ2v) is 4.94. The molecule has 0 N–H and O–H groups in total. The van der Waals surface area contributed by atoms with E-state index in [1.807, 2.05) is 13.8 Å². The molecule has 14 heavy (non-hydrogen) atoms. The first kappa shape index (κ1) is 10.4. The van der Waals surface area contributed by atoms with Gasteiger partial charge in [-0.05, 0) is 33.2 Å². The molecule has 1 unspecified atom stereocenters. The molecule has 0 radical (unpaired) electrons. The molecule has 0 amide bonds. The SMILES string of the molecule is CC(C)OCC12CCCN1C[C@@H](F)C2. The predicted molar refractivity (Wildman–Crippen MR) is 54.1 cm³/mol. The zero-order chi connectivity index (χ0) is 10.2. The van der Waals surface area contributed by atoms with E-state index in [0.717, 1.165) is 13.0 Å². The molecule has 2 nitrogen and oxygen atoms in total.